The summed E-state index contributed by atoms with van der Waals surface area (Å²) < 4.78 is 34.9. The number of pyridine rings is 1. The Morgan fingerprint density at radius 2 is 2.00 bits per heavy atom. The molecule has 28 heavy (non-hydrogen) atoms. The number of piperidine rings is 1. The summed E-state index contributed by atoms with van der Waals surface area (Å²) in [5.74, 6) is -1.09. The third kappa shape index (κ3) is 2.99. The van der Waals surface area contributed by atoms with Crippen LogP contribution in [0.2, 0.25) is 0 Å². The van der Waals surface area contributed by atoms with E-state index in [2.05, 4.69) is 0 Å². The van der Waals surface area contributed by atoms with E-state index in [9.17, 15) is 23.5 Å². The second-order valence-corrected chi connectivity index (χ2v) is 7.42. The molecule has 0 amide bonds. The van der Waals surface area contributed by atoms with Gasteiger partial charge in [-0.1, -0.05) is 0 Å². The number of hydrogen-bond acceptors (Lipinski definition) is 5. The SMILES string of the molecule is COc1c(N2C[C@@H](N)C[C@H](F)C2)ccc2c(=O)c(C(=O)O)cn([C@@H]3C[C@@H]3F)c12. The number of carbonyl (C=O) groups is 1. The van der Waals surface area contributed by atoms with Gasteiger partial charge in [0.1, 0.15) is 17.9 Å². The fourth-order valence-electron chi connectivity index (χ4n) is 3.98. The average Bonchev–Trinajstić information content (AvgIpc) is 3.36. The van der Waals surface area contributed by atoms with Crippen molar-refractivity contribution in [2.45, 2.75) is 37.3 Å². The standard InChI is InChI=1S/C19H21F2N3O4/c1-28-18-14(23-6-9(20)4-10(22)7-23)3-2-11-16(18)24(15-5-13(15)21)8-12(17(11)25)19(26)27/h2-3,8-10,13,15H,4-7,22H2,1H3,(H,26,27)/t9-,10-,13-,15+/m0/s1. The normalized spacial score (nSPS) is 27.1. The highest BCUT2D eigenvalue weighted by Gasteiger charge is 2.41. The Balaban J connectivity index is 1.97. The van der Waals surface area contributed by atoms with Crippen LogP contribution in [0.3, 0.4) is 0 Å². The van der Waals surface area contributed by atoms with Crippen LogP contribution in [0.25, 0.3) is 10.9 Å². The lowest BCUT2D eigenvalue weighted by Crippen LogP contribution is -2.48. The number of fused-ring (bicyclic) bond motifs is 1. The molecule has 1 aromatic carbocycles. The minimum Gasteiger partial charge on any atom is -0.492 e. The molecule has 1 aliphatic carbocycles. The van der Waals surface area contributed by atoms with Crippen molar-refractivity contribution in [1.82, 2.24) is 4.57 Å². The fraction of sp³-hybridized carbons (Fsp3) is 0.474. The van der Waals surface area contributed by atoms with Gasteiger partial charge in [-0.3, -0.25) is 4.79 Å². The Morgan fingerprint density at radius 1 is 1.29 bits per heavy atom. The molecule has 150 valence electrons. The van der Waals surface area contributed by atoms with Gasteiger partial charge in [0.25, 0.3) is 0 Å². The number of anilines is 1. The predicted molar refractivity (Wildman–Crippen MR) is 100.0 cm³/mol. The van der Waals surface area contributed by atoms with E-state index >= 15 is 0 Å². The quantitative estimate of drug-likeness (QED) is 0.823. The Bertz CT molecular complexity index is 999. The van der Waals surface area contributed by atoms with Gasteiger partial charge in [-0.15, -0.1) is 0 Å². The van der Waals surface area contributed by atoms with Gasteiger partial charge < -0.3 is 25.0 Å². The number of aromatic carboxylic acids is 1. The average molecular weight is 393 g/mol. The van der Waals surface area contributed by atoms with E-state index in [0.29, 0.717) is 17.7 Å². The van der Waals surface area contributed by atoms with Crippen molar-refractivity contribution in [2.75, 3.05) is 25.1 Å². The first kappa shape index (κ1) is 18.7. The summed E-state index contributed by atoms with van der Waals surface area (Å²) in [6, 6.07) is 2.17. The smallest absolute Gasteiger partial charge is 0.341 e. The maximum Gasteiger partial charge on any atom is 0.341 e. The number of hydrogen-bond donors (Lipinski definition) is 2. The molecule has 4 rings (SSSR count). The number of nitrogens with two attached hydrogens (primary N) is 1. The molecule has 2 fully saturated rings. The Hall–Kier alpha value is -2.68. The van der Waals surface area contributed by atoms with Crippen LogP contribution in [0.4, 0.5) is 14.5 Å². The zero-order chi connectivity index (χ0) is 20.2. The van der Waals surface area contributed by atoms with Crippen molar-refractivity contribution >= 4 is 22.6 Å². The molecule has 2 aliphatic rings. The van der Waals surface area contributed by atoms with Crippen LogP contribution in [0, 0.1) is 0 Å². The summed E-state index contributed by atoms with van der Waals surface area (Å²) >= 11 is 0. The highest BCUT2D eigenvalue weighted by Crippen LogP contribution is 2.44. The Morgan fingerprint density at radius 3 is 2.57 bits per heavy atom. The van der Waals surface area contributed by atoms with E-state index < -0.39 is 35.3 Å². The summed E-state index contributed by atoms with van der Waals surface area (Å²) in [7, 11) is 1.41. The lowest BCUT2D eigenvalue weighted by atomic mass is 10.0. The number of carboxylic acid groups (broad SMARTS) is 1. The first-order valence-corrected chi connectivity index (χ1v) is 9.09. The van der Waals surface area contributed by atoms with Crippen molar-refractivity contribution in [2.24, 2.45) is 5.73 Å². The molecule has 0 unspecified atom stereocenters. The topological polar surface area (TPSA) is 97.8 Å². The van der Waals surface area contributed by atoms with Crippen LogP contribution >= 0.6 is 0 Å². The Labute approximate surface area is 159 Å². The number of carboxylic acids is 1. The molecule has 0 radical (unpaired) electrons. The second kappa shape index (κ2) is 6.73. The lowest BCUT2D eigenvalue weighted by molar-refractivity contribution is 0.0694. The van der Waals surface area contributed by atoms with Gasteiger partial charge in [-0.05, 0) is 18.6 Å². The molecule has 2 aromatic rings. The van der Waals surface area contributed by atoms with Crippen molar-refractivity contribution in [3.63, 3.8) is 0 Å². The first-order chi connectivity index (χ1) is 13.3. The van der Waals surface area contributed by atoms with Gasteiger partial charge in [0.15, 0.2) is 5.75 Å². The van der Waals surface area contributed by atoms with Crippen LogP contribution in [0.5, 0.6) is 5.75 Å². The Kier molecular flexibility index (Phi) is 4.49. The molecule has 4 atom stereocenters. The minimum atomic E-state index is -1.37. The third-order valence-electron chi connectivity index (χ3n) is 5.37. The molecule has 1 saturated heterocycles. The molecule has 0 bridgehead atoms. The number of nitrogens with zero attached hydrogens (tertiary/aromatic N) is 2. The van der Waals surface area contributed by atoms with Crippen molar-refractivity contribution in [1.29, 1.82) is 0 Å². The lowest BCUT2D eigenvalue weighted by Gasteiger charge is -2.35. The summed E-state index contributed by atoms with van der Waals surface area (Å²) in [6.07, 6.45) is -0.557. The molecule has 1 saturated carbocycles. The largest absolute Gasteiger partial charge is 0.492 e. The number of benzene rings is 1. The molecule has 9 heteroatoms. The molecule has 1 aromatic heterocycles. The van der Waals surface area contributed by atoms with Crippen molar-refractivity contribution in [3.05, 3.63) is 34.1 Å². The van der Waals surface area contributed by atoms with Crippen molar-refractivity contribution in [3.8, 4) is 5.75 Å². The maximum absolute atomic E-state index is 14.1. The number of rotatable bonds is 4. The highest BCUT2D eigenvalue weighted by atomic mass is 19.1. The van der Waals surface area contributed by atoms with Crippen LogP contribution < -0.4 is 20.8 Å². The number of halogens is 2. The summed E-state index contributed by atoms with van der Waals surface area (Å²) in [5.41, 5.74) is 5.71. The predicted octanol–water partition coefficient (Wildman–Crippen LogP) is 1.87. The number of aromatic nitrogens is 1. The van der Waals surface area contributed by atoms with Gasteiger partial charge in [0.05, 0.1) is 29.7 Å². The molecule has 2 heterocycles. The number of ether oxygens (including phenoxy) is 1. The second-order valence-electron chi connectivity index (χ2n) is 7.42. The van der Waals surface area contributed by atoms with E-state index in [-0.39, 0.29) is 36.6 Å². The van der Waals surface area contributed by atoms with Crippen LogP contribution in [0.1, 0.15) is 29.2 Å². The first-order valence-electron chi connectivity index (χ1n) is 9.09. The van der Waals surface area contributed by atoms with Crippen LogP contribution in [0.15, 0.2) is 23.1 Å². The van der Waals surface area contributed by atoms with E-state index in [0.717, 1.165) is 0 Å². The van der Waals surface area contributed by atoms with Gasteiger partial charge in [-0.25, -0.2) is 13.6 Å². The molecule has 1 aliphatic heterocycles. The fourth-order valence-corrected chi connectivity index (χ4v) is 3.98. The van der Waals surface area contributed by atoms with E-state index in [4.69, 9.17) is 10.5 Å². The maximum atomic E-state index is 14.1. The zero-order valence-electron chi connectivity index (χ0n) is 15.3. The van der Waals surface area contributed by atoms with Crippen molar-refractivity contribution < 1.29 is 23.4 Å². The number of alkyl halides is 2. The summed E-state index contributed by atoms with van der Waals surface area (Å²) in [4.78, 5) is 25.9. The monoisotopic (exact) mass is 393 g/mol. The van der Waals surface area contributed by atoms with Gasteiger partial charge in [0.2, 0.25) is 5.43 Å². The zero-order valence-corrected chi connectivity index (χ0v) is 15.3. The van der Waals surface area contributed by atoms with Gasteiger partial charge in [-0.2, -0.15) is 0 Å². The van der Waals surface area contributed by atoms with Gasteiger partial charge >= 0.3 is 5.97 Å². The summed E-state index contributed by atoms with van der Waals surface area (Å²) in [5, 5.41) is 9.48. The molecular weight excluding hydrogens is 372 g/mol. The van der Waals surface area contributed by atoms with Crippen LogP contribution in [-0.4, -0.2) is 54.2 Å². The third-order valence-corrected chi connectivity index (χ3v) is 5.37. The molecule has 0 spiro atoms. The van der Waals surface area contributed by atoms with Crippen LogP contribution in [-0.2, 0) is 0 Å². The minimum absolute atomic E-state index is 0.123. The molecule has 7 nitrogen and oxygen atoms in total. The van der Waals surface area contributed by atoms with E-state index in [1.54, 1.807) is 11.0 Å². The van der Waals surface area contributed by atoms with Gasteiger partial charge in [0, 0.05) is 31.7 Å². The summed E-state index contributed by atoms with van der Waals surface area (Å²) in [6.45, 7) is 0.539. The highest BCUT2D eigenvalue weighted by molar-refractivity contribution is 5.97. The van der Waals surface area contributed by atoms with E-state index in [1.807, 2.05) is 0 Å². The molecule has 3 N–H and O–H groups in total. The van der Waals surface area contributed by atoms with E-state index in [1.165, 1.54) is 23.9 Å². The number of methoxy groups -OCH3 is 1. The molecular formula is C19H21F2N3O4.